The summed E-state index contributed by atoms with van der Waals surface area (Å²) in [6, 6.07) is 11.6. The Hall–Kier alpha value is -3.46. The number of benzene rings is 2. The van der Waals surface area contributed by atoms with Crippen LogP contribution in [0.15, 0.2) is 46.3 Å². The fourth-order valence-electron chi connectivity index (χ4n) is 4.05. The minimum Gasteiger partial charge on any atom is -0.325 e. The average Bonchev–Trinajstić information content (AvgIpc) is 3.19. The Balaban J connectivity index is 1.57. The third-order valence-electron chi connectivity index (χ3n) is 5.50. The lowest BCUT2D eigenvalue weighted by atomic mass is 10.0. The molecule has 0 bridgehead atoms. The standard InChI is InChI=1S/C24H25N5O3S/c1-13-11-14(2)20(25-16(4)30)18(12-13)21-22(31)26-24(28-27-21)33-15(3)23(32)29-10-9-17-7-5-6-8-19(17)29/h5-8,11-12,15H,9-10H2,1-4H3,(H,25,30)(H,26,28,31)/t15-/m0/s1. The first-order valence-corrected chi connectivity index (χ1v) is 11.5. The van der Waals surface area contributed by atoms with Crippen molar-refractivity contribution in [1.82, 2.24) is 15.2 Å². The fourth-order valence-corrected chi connectivity index (χ4v) is 4.85. The van der Waals surface area contributed by atoms with Crippen LogP contribution >= 0.6 is 11.8 Å². The SMILES string of the molecule is CC(=O)Nc1c(C)cc(C)cc1-c1nnc(S[C@@H](C)C(=O)N2CCc3ccccc32)[nH]c1=O. The van der Waals surface area contributed by atoms with Crippen LogP contribution in [-0.2, 0) is 16.0 Å². The summed E-state index contributed by atoms with van der Waals surface area (Å²) < 4.78 is 0. The highest BCUT2D eigenvalue weighted by molar-refractivity contribution is 8.00. The van der Waals surface area contributed by atoms with Gasteiger partial charge in [-0.3, -0.25) is 19.4 Å². The molecule has 4 rings (SSSR count). The quantitative estimate of drug-likeness (QED) is 0.561. The van der Waals surface area contributed by atoms with Crippen LogP contribution in [0.3, 0.4) is 0 Å². The zero-order valence-corrected chi connectivity index (χ0v) is 19.7. The van der Waals surface area contributed by atoms with Crippen molar-refractivity contribution in [3.8, 4) is 11.3 Å². The molecule has 0 saturated heterocycles. The number of aryl methyl sites for hydroxylation is 2. The molecule has 2 heterocycles. The molecule has 0 unspecified atom stereocenters. The van der Waals surface area contributed by atoms with Crippen LogP contribution < -0.4 is 15.8 Å². The number of fused-ring (bicyclic) bond motifs is 1. The van der Waals surface area contributed by atoms with Crippen molar-refractivity contribution in [2.24, 2.45) is 0 Å². The second kappa shape index (κ2) is 9.19. The van der Waals surface area contributed by atoms with E-state index in [1.165, 1.54) is 6.92 Å². The number of thioether (sulfide) groups is 1. The number of aromatic nitrogens is 3. The van der Waals surface area contributed by atoms with Gasteiger partial charge in [-0.15, -0.1) is 10.2 Å². The Bertz CT molecular complexity index is 1300. The summed E-state index contributed by atoms with van der Waals surface area (Å²) in [6.07, 6.45) is 0.831. The normalized spacial score (nSPS) is 13.5. The molecule has 3 aromatic rings. The zero-order chi connectivity index (χ0) is 23.7. The van der Waals surface area contributed by atoms with Gasteiger partial charge in [0.05, 0.1) is 10.9 Å². The van der Waals surface area contributed by atoms with Gasteiger partial charge in [-0.25, -0.2) is 0 Å². The van der Waals surface area contributed by atoms with Gasteiger partial charge in [-0.1, -0.05) is 41.6 Å². The van der Waals surface area contributed by atoms with Crippen molar-refractivity contribution in [2.45, 2.75) is 44.5 Å². The largest absolute Gasteiger partial charge is 0.325 e. The van der Waals surface area contributed by atoms with Crippen molar-refractivity contribution in [2.75, 3.05) is 16.8 Å². The molecule has 9 heteroatoms. The van der Waals surface area contributed by atoms with E-state index >= 15 is 0 Å². The van der Waals surface area contributed by atoms with E-state index in [9.17, 15) is 14.4 Å². The van der Waals surface area contributed by atoms with Crippen LogP contribution in [-0.4, -0.2) is 38.8 Å². The highest BCUT2D eigenvalue weighted by atomic mass is 32.2. The van der Waals surface area contributed by atoms with Crippen molar-refractivity contribution < 1.29 is 9.59 Å². The van der Waals surface area contributed by atoms with E-state index in [1.807, 2.05) is 44.2 Å². The molecule has 2 aromatic carbocycles. The van der Waals surface area contributed by atoms with Crippen LogP contribution in [0.1, 0.15) is 30.5 Å². The number of aromatic amines is 1. The third kappa shape index (κ3) is 4.68. The highest BCUT2D eigenvalue weighted by Gasteiger charge is 2.29. The van der Waals surface area contributed by atoms with Crippen molar-refractivity contribution in [3.63, 3.8) is 0 Å². The number of carbonyl (C=O) groups excluding carboxylic acids is 2. The second-order valence-corrected chi connectivity index (χ2v) is 9.45. The Labute approximate surface area is 195 Å². The number of hydrogen-bond donors (Lipinski definition) is 2. The molecule has 1 aliphatic rings. The summed E-state index contributed by atoms with van der Waals surface area (Å²) in [7, 11) is 0. The molecule has 0 radical (unpaired) electrons. The van der Waals surface area contributed by atoms with Gasteiger partial charge < -0.3 is 10.2 Å². The fraction of sp³-hybridized carbons (Fsp3) is 0.292. The molecule has 0 aliphatic carbocycles. The molecular formula is C24H25N5O3S. The lowest BCUT2D eigenvalue weighted by molar-refractivity contribution is -0.117. The van der Waals surface area contributed by atoms with Crippen LogP contribution in [0.25, 0.3) is 11.3 Å². The summed E-state index contributed by atoms with van der Waals surface area (Å²) in [5, 5.41) is 10.9. The predicted molar refractivity (Wildman–Crippen MR) is 130 cm³/mol. The number of nitrogens with one attached hydrogen (secondary N) is 2. The number of rotatable bonds is 5. The minimum atomic E-state index is -0.455. The number of nitrogens with zero attached hydrogens (tertiary/aromatic N) is 3. The molecule has 0 spiro atoms. The van der Waals surface area contributed by atoms with E-state index in [-0.39, 0.29) is 22.7 Å². The molecule has 170 valence electrons. The summed E-state index contributed by atoms with van der Waals surface area (Å²) in [6.45, 7) is 7.61. The summed E-state index contributed by atoms with van der Waals surface area (Å²) in [5.74, 6) is -0.283. The van der Waals surface area contributed by atoms with Crippen molar-refractivity contribution in [1.29, 1.82) is 0 Å². The zero-order valence-electron chi connectivity index (χ0n) is 18.9. The summed E-state index contributed by atoms with van der Waals surface area (Å²) >= 11 is 1.16. The van der Waals surface area contributed by atoms with Crippen LogP contribution in [0.4, 0.5) is 11.4 Å². The van der Waals surface area contributed by atoms with E-state index in [0.29, 0.717) is 17.8 Å². The Morgan fingerprint density at radius 1 is 1.18 bits per heavy atom. The first-order valence-electron chi connectivity index (χ1n) is 10.7. The van der Waals surface area contributed by atoms with Crippen LogP contribution in [0.5, 0.6) is 0 Å². The first kappa shape index (κ1) is 22.7. The maximum Gasteiger partial charge on any atom is 0.278 e. The van der Waals surface area contributed by atoms with Gasteiger partial charge in [0.1, 0.15) is 0 Å². The van der Waals surface area contributed by atoms with Gasteiger partial charge in [0.25, 0.3) is 5.56 Å². The molecular weight excluding hydrogens is 438 g/mol. The third-order valence-corrected chi connectivity index (χ3v) is 6.46. The highest BCUT2D eigenvalue weighted by Crippen LogP contribution is 2.32. The van der Waals surface area contributed by atoms with E-state index in [2.05, 4.69) is 20.5 Å². The molecule has 0 fully saturated rings. The number of carbonyl (C=O) groups is 2. The smallest absolute Gasteiger partial charge is 0.278 e. The maximum absolute atomic E-state index is 13.0. The average molecular weight is 464 g/mol. The minimum absolute atomic E-state index is 0.0427. The monoisotopic (exact) mass is 463 g/mol. The van der Waals surface area contributed by atoms with Gasteiger partial charge in [0.2, 0.25) is 11.8 Å². The molecule has 2 N–H and O–H groups in total. The van der Waals surface area contributed by atoms with Gasteiger partial charge in [0, 0.05) is 24.7 Å². The topological polar surface area (TPSA) is 108 Å². The molecule has 1 aliphatic heterocycles. The van der Waals surface area contributed by atoms with Crippen LogP contribution in [0, 0.1) is 13.8 Å². The molecule has 0 saturated carbocycles. The molecule has 2 amide bonds. The number of hydrogen-bond acceptors (Lipinski definition) is 6. The Kier molecular flexibility index (Phi) is 6.33. The van der Waals surface area contributed by atoms with Gasteiger partial charge in [-0.2, -0.15) is 0 Å². The van der Waals surface area contributed by atoms with E-state index in [4.69, 9.17) is 0 Å². The van der Waals surface area contributed by atoms with Gasteiger partial charge >= 0.3 is 0 Å². The number of anilines is 2. The van der Waals surface area contributed by atoms with E-state index in [1.54, 1.807) is 17.9 Å². The van der Waals surface area contributed by atoms with E-state index < -0.39 is 10.8 Å². The maximum atomic E-state index is 13.0. The molecule has 1 aromatic heterocycles. The molecule has 33 heavy (non-hydrogen) atoms. The Morgan fingerprint density at radius 2 is 1.94 bits per heavy atom. The number of H-pyrrole nitrogens is 1. The number of amides is 2. The molecule has 1 atom stereocenters. The summed E-state index contributed by atoms with van der Waals surface area (Å²) in [5.41, 5.74) is 4.56. The second-order valence-electron chi connectivity index (χ2n) is 8.12. The first-order chi connectivity index (χ1) is 15.7. The van der Waals surface area contributed by atoms with Gasteiger partial charge in [-0.05, 0) is 50.5 Å². The summed E-state index contributed by atoms with van der Waals surface area (Å²) in [4.78, 5) is 42.1. The lowest BCUT2D eigenvalue weighted by Crippen LogP contribution is -2.35. The predicted octanol–water partition coefficient (Wildman–Crippen LogP) is 3.48. The Morgan fingerprint density at radius 3 is 2.67 bits per heavy atom. The lowest BCUT2D eigenvalue weighted by Gasteiger charge is -2.21. The van der Waals surface area contributed by atoms with Crippen molar-refractivity contribution in [3.05, 3.63) is 63.4 Å². The van der Waals surface area contributed by atoms with E-state index in [0.717, 1.165) is 40.6 Å². The van der Waals surface area contributed by atoms with Crippen LogP contribution in [0.2, 0.25) is 0 Å². The number of para-hydroxylation sites is 1. The molecule has 8 nitrogen and oxygen atoms in total. The van der Waals surface area contributed by atoms with Gasteiger partial charge in [0.15, 0.2) is 10.9 Å². The van der Waals surface area contributed by atoms with Crippen molar-refractivity contribution >= 4 is 35.0 Å².